The summed E-state index contributed by atoms with van der Waals surface area (Å²) in [5.74, 6) is 1.22. The Morgan fingerprint density at radius 1 is 1.10 bits per heavy atom. The molecule has 30 heavy (non-hydrogen) atoms. The first-order valence-electron chi connectivity index (χ1n) is 10.2. The lowest BCUT2D eigenvalue weighted by Gasteiger charge is -2.32. The maximum absolute atomic E-state index is 11.7. The molecule has 2 heterocycles. The summed E-state index contributed by atoms with van der Waals surface area (Å²) < 4.78 is 25.1. The van der Waals surface area contributed by atoms with Gasteiger partial charge in [0.05, 0.1) is 22.2 Å². The molecule has 0 spiro atoms. The predicted octanol–water partition coefficient (Wildman–Crippen LogP) is 2.75. The molecule has 9 heteroatoms. The number of rotatable bonds is 6. The maximum Gasteiger partial charge on any atom is 0.224 e. The quantitative estimate of drug-likeness (QED) is 0.645. The number of hydrogen-bond acceptors (Lipinski definition) is 7. The molecular weight excluding hydrogens is 400 g/mol. The Hall–Kier alpha value is -2.52. The minimum atomic E-state index is -3.23. The molecule has 1 aliphatic carbocycles. The molecule has 3 aromatic rings. The summed E-state index contributed by atoms with van der Waals surface area (Å²) in [6, 6.07) is 7.34. The largest absolute Gasteiger partial charge is 0.354 e. The van der Waals surface area contributed by atoms with Crippen LogP contribution in [0.25, 0.3) is 16.7 Å². The van der Waals surface area contributed by atoms with E-state index in [2.05, 4.69) is 39.4 Å². The van der Waals surface area contributed by atoms with Crippen LogP contribution in [0.1, 0.15) is 25.7 Å². The third kappa shape index (κ3) is 4.46. The highest BCUT2D eigenvalue weighted by molar-refractivity contribution is 7.90. The van der Waals surface area contributed by atoms with Crippen molar-refractivity contribution < 1.29 is 8.42 Å². The van der Waals surface area contributed by atoms with Crippen LogP contribution in [0.3, 0.4) is 0 Å². The number of sulfone groups is 1. The van der Waals surface area contributed by atoms with Gasteiger partial charge in [0.15, 0.2) is 15.5 Å². The van der Waals surface area contributed by atoms with Gasteiger partial charge in [0.2, 0.25) is 5.95 Å². The molecule has 8 nitrogen and oxygen atoms in total. The average molecular weight is 429 g/mol. The molecule has 160 valence electrons. The van der Waals surface area contributed by atoms with Gasteiger partial charge in [-0.2, -0.15) is 10.1 Å². The smallest absolute Gasteiger partial charge is 0.224 e. The summed E-state index contributed by atoms with van der Waals surface area (Å²) in [7, 11) is 1.08. The van der Waals surface area contributed by atoms with Crippen LogP contribution in [0.15, 0.2) is 41.6 Å². The lowest BCUT2D eigenvalue weighted by Crippen LogP contribution is -2.33. The standard InChI is InChI=1S/C21H28N6O2S/c1-26(2)17-6-4-15(5-7-17)12-22-21-23-13-16-14-24-27(20(16)25-21)18-8-10-19(11-9-18)30(3,28)29/h8-11,13-15,17H,4-7,12H2,1-3H3,(H,22,23,25). The Labute approximate surface area is 177 Å². The Morgan fingerprint density at radius 3 is 2.43 bits per heavy atom. The van der Waals surface area contributed by atoms with E-state index >= 15 is 0 Å². The highest BCUT2D eigenvalue weighted by Crippen LogP contribution is 2.27. The lowest BCUT2D eigenvalue weighted by molar-refractivity contribution is 0.198. The van der Waals surface area contributed by atoms with Crippen molar-refractivity contribution >= 4 is 26.8 Å². The van der Waals surface area contributed by atoms with Crippen molar-refractivity contribution in [2.24, 2.45) is 5.92 Å². The fourth-order valence-electron chi connectivity index (χ4n) is 4.03. The van der Waals surface area contributed by atoms with E-state index in [-0.39, 0.29) is 4.90 Å². The zero-order chi connectivity index (χ0) is 21.3. The molecule has 0 amide bonds. The Morgan fingerprint density at radius 2 is 1.80 bits per heavy atom. The van der Waals surface area contributed by atoms with Crippen LogP contribution in [-0.2, 0) is 9.84 Å². The van der Waals surface area contributed by atoms with Crippen LogP contribution in [0, 0.1) is 5.92 Å². The van der Waals surface area contributed by atoms with Crippen molar-refractivity contribution in [1.82, 2.24) is 24.6 Å². The Bertz CT molecular complexity index is 1120. The van der Waals surface area contributed by atoms with Crippen LogP contribution >= 0.6 is 0 Å². The summed E-state index contributed by atoms with van der Waals surface area (Å²) in [6.07, 6.45) is 9.56. The molecule has 4 rings (SSSR count). The molecule has 0 unspecified atom stereocenters. The van der Waals surface area contributed by atoms with E-state index < -0.39 is 9.84 Å². The highest BCUT2D eigenvalue weighted by atomic mass is 32.2. The molecule has 2 aromatic heterocycles. The Balaban J connectivity index is 1.48. The molecular formula is C21H28N6O2S. The van der Waals surface area contributed by atoms with E-state index in [1.165, 1.54) is 31.9 Å². The first-order chi connectivity index (χ1) is 14.3. The van der Waals surface area contributed by atoms with Gasteiger partial charge < -0.3 is 10.2 Å². The number of aromatic nitrogens is 4. The summed E-state index contributed by atoms with van der Waals surface area (Å²) in [5, 5.41) is 8.63. The maximum atomic E-state index is 11.7. The van der Waals surface area contributed by atoms with Gasteiger partial charge in [0, 0.05) is 25.0 Å². The first kappa shape index (κ1) is 20.7. The number of anilines is 1. The van der Waals surface area contributed by atoms with E-state index in [0.717, 1.165) is 17.6 Å². The van der Waals surface area contributed by atoms with Crippen molar-refractivity contribution in [3.05, 3.63) is 36.7 Å². The molecule has 1 saturated carbocycles. The van der Waals surface area contributed by atoms with Crippen molar-refractivity contribution in [1.29, 1.82) is 0 Å². The second kappa shape index (κ2) is 8.31. The van der Waals surface area contributed by atoms with Crippen molar-refractivity contribution in [3.63, 3.8) is 0 Å². The van der Waals surface area contributed by atoms with Crippen LogP contribution in [-0.4, -0.2) is 66.0 Å². The fraction of sp³-hybridized carbons (Fsp3) is 0.476. The van der Waals surface area contributed by atoms with Crippen molar-refractivity contribution in [2.75, 3.05) is 32.2 Å². The van der Waals surface area contributed by atoms with E-state index in [0.29, 0.717) is 23.6 Å². The molecule has 1 aromatic carbocycles. The van der Waals surface area contributed by atoms with Crippen LogP contribution in [0.2, 0.25) is 0 Å². The number of nitrogens with zero attached hydrogens (tertiary/aromatic N) is 5. The van der Waals surface area contributed by atoms with E-state index in [1.807, 2.05) is 0 Å². The molecule has 0 saturated heterocycles. The molecule has 0 atom stereocenters. The van der Waals surface area contributed by atoms with Gasteiger partial charge in [-0.1, -0.05) is 0 Å². The van der Waals surface area contributed by atoms with E-state index in [4.69, 9.17) is 0 Å². The number of hydrogen-bond donors (Lipinski definition) is 1. The number of fused-ring (bicyclic) bond motifs is 1. The number of nitrogens with one attached hydrogen (secondary N) is 1. The van der Waals surface area contributed by atoms with Crippen LogP contribution < -0.4 is 5.32 Å². The van der Waals surface area contributed by atoms with Gasteiger partial charge >= 0.3 is 0 Å². The lowest BCUT2D eigenvalue weighted by atomic mass is 9.85. The van der Waals surface area contributed by atoms with Gasteiger partial charge in [-0.05, 0) is 70.0 Å². The monoisotopic (exact) mass is 428 g/mol. The molecule has 0 bridgehead atoms. The van der Waals surface area contributed by atoms with E-state index in [1.54, 1.807) is 41.3 Å². The van der Waals surface area contributed by atoms with E-state index in [9.17, 15) is 8.42 Å². The Kier molecular flexibility index (Phi) is 5.75. The van der Waals surface area contributed by atoms with Gasteiger partial charge in [-0.3, -0.25) is 0 Å². The topological polar surface area (TPSA) is 93.0 Å². The molecule has 1 N–H and O–H groups in total. The zero-order valence-electron chi connectivity index (χ0n) is 17.6. The molecule has 0 aliphatic heterocycles. The fourth-order valence-corrected chi connectivity index (χ4v) is 4.66. The summed E-state index contributed by atoms with van der Waals surface area (Å²) in [5.41, 5.74) is 1.44. The summed E-state index contributed by atoms with van der Waals surface area (Å²) >= 11 is 0. The van der Waals surface area contributed by atoms with Gasteiger partial charge in [0.1, 0.15) is 0 Å². The van der Waals surface area contributed by atoms with Crippen LogP contribution in [0.5, 0.6) is 0 Å². The number of benzene rings is 1. The SMILES string of the molecule is CN(C)C1CCC(CNc2ncc3cnn(-c4ccc(S(C)(=O)=O)cc4)c3n2)CC1. The summed E-state index contributed by atoms with van der Waals surface area (Å²) in [6.45, 7) is 0.864. The van der Waals surface area contributed by atoms with Gasteiger partial charge in [-0.25, -0.2) is 18.1 Å². The molecule has 1 aliphatic rings. The highest BCUT2D eigenvalue weighted by Gasteiger charge is 2.22. The zero-order valence-corrected chi connectivity index (χ0v) is 18.4. The predicted molar refractivity (Wildman–Crippen MR) is 118 cm³/mol. The van der Waals surface area contributed by atoms with Gasteiger partial charge in [0.25, 0.3) is 0 Å². The third-order valence-corrected chi connectivity index (χ3v) is 7.04. The first-order valence-corrected chi connectivity index (χ1v) is 12.1. The van der Waals surface area contributed by atoms with Crippen LogP contribution in [0.4, 0.5) is 5.95 Å². The van der Waals surface area contributed by atoms with Gasteiger partial charge in [-0.15, -0.1) is 0 Å². The van der Waals surface area contributed by atoms with Crippen molar-refractivity contribution in [2.45, 2.75) is 36.6 Å². The second-order valence-corrected chi connectivity index (χ2v) is 10.3. The second-order valence-electron chi connectivity index (χ2n) is 8.31. The third-order valence-electron chi connectivity index (χ3n) is 5.91. The average Bonchev–Trinajstić information content (AvgIpc) is 3.15. The minimum Gasteiger partial charge on any atom is -0.354 e. The minimum absolute atomic E-state index is 0.281. The molecule has 1 fully saturated rings. The summed E-state index contributed by atoms with van der Waals surface area (Å²) in [4.78, 5) is 11.7. The molecule has 0 radical (unpaired) electrons. The normalized spacial score (nSPS) is 20.0. The van der Waals surface area contributed by atoms with Crippen molar-refractivity contribution in [3.8, 4) is 5.69 Å².